The van der Waals surface area contributed by atoms with Crippen molar-refractivity contribution in [3.8, 4) is 11.8 Å². The van der Waals surface area contributed by atoms with E-state index in [4.69, 9.17) is 9.57 Å². The summed E-state index contributed by atoms with van der Waals surface area (Å²) in [5, 5.41) is 3.71. The van der Waals surface area contributed by atoms with Crippen LogP contribution in [-0.2, 0) is 39.6 Å². The SMILES string of the molecule is CO/C=C(\Br)C(=O)OC.CO/C=C(\C#CCO/N=C(\C)c1cccc(C(F)(F)F)c1)C(=O)OC. The number of hydrogen-bond donors (Lipinski definition) is 0. The summed E-state index contributed by atoms with van der Waals surface area (Å²) < 4.78 is 56.3. The van der Waals surface area contributed by atoms with E-state index in [1.54, 1.807) is 0 Å². The van der Waals surface area contributed by atoms with Crippen LogP contribution in [0.15, 0.2) is 52.0 Å². The van der Waals surface area contributed by atoms with Crippen LogP contribution in [0.3, 0.4) is 0 Å². The maximum atomic E-state index is 12.7. The highest BCUT2D eigenvalue weighted by Gasteiger charge is 2.30. The summed E-state index contributed by atoms with van der Waals surface area (Å²) in [4.78, 5) is 26.8. The van der Waals surface area contributed by atoms with E-state index in [9.17, 15) is 22.8 Å². The molecule has 0 aromatic heterocycles. The van der Waals surface area contributed by atoms with Gasteiger partial charge in [-0.15, -0.1) is 0 Å². The lowest BCUT2D eigenvalue weighted by molar-refractivity contribution is -0.138. The van der Waals surface area contributed by atoms with Gasteiger partial charge < -0.3 is 23.8 Å². The van der Waals surface area contributed by atoms with Crippen molar-refractivity contribution in [2.75, 3.05) is 35.0 Å². The number of nitrogens with zero attached hydrogens (tertiary/aromatic N) is 1. The fraction of sp³-hybridized carbons (Fsp3) is 0.318. The monoisotopic (exact) mass is 549 g/mol. The van der Waals surface area contributed by atoms with E-state index >= 15 is 0 Å². The Morgan fingerprint density at radius 3 is 2.21 bits per heavy atom. The number of carbonyl (C=O) groups is 2. The molecular weight excluding hydrogens is 527 g/mol. The van der Waals surface area contributed by atoms with Gasteiger partial charge in [0.05, 0.1) is 39.7 Å². The van der Waals surface area contributed by atoms with Crippen LogP contribution in [0.4, 0.5) is 13.2 Å². The highest BCUT2D eigenvalue weighted by molar-refractivity contribution is 9.12. The van der Waals surface area contributed by atoms with Crippen molar-refractivity contribution in [2.24, 2.45) is 5.16 Å². The highest BCUT2D eigenvalue weighted by Crippen LogP contribution is 2.29. The molecule has 0 aliphatic heterocycles. The molecule has 0 atom stereocenters. The van der Waals surface area contributed by atoms with Crippen molar-refractivity contribution in [1.82, 2.24) is 0 Å². The van der Waals surface area contributed by atoms with Gasteiger partial charge in [-0.25, -0.2) is 9.59 Å². The van der Waals surface area contributed by atoms with Gasteiger partial charge in [-0.05, 0) is 40.5 Å². The van der Waals surface area contributed by atoms with Crippen LogP contribution in [0.1, 0.15) is 18.1 Å². The van der Waals surface area contributed by atoms with Crippen LogP contribution in [-0.4, -0.2) is 52.7 Å². The fourth-order valence-electron chi connectivity index (χ4n) is 1.87. The third-order valence-electron chi connectivity index (χ3n) is 3.41. The standard InChI is InChI=1S/C17H16F3NO4.C5H7BrO3/c1-12(13-6-4-8-15(10-13)17(18,19)20)21-25-9-5-7-14(11-23-2)16(22)24-3;1-8-3-4(6)5(7)9-2/h4,6,8,10-11H,9H2,1-3H3;3H,1-2H3/b14-11+,21-12+;4-3-. The molecule has 0 heterocycles. The van der Waals surface area contributed by atoms with Crippen LogP contribution < -0.4 is 0 Å². The summed E-state index contributed by atoms with van der Waals surface area (Å²) in [5.41, 5.74) is -0.246. The van der Waals surface area contributed by atoms with E-state index in [0.717, 1.165) is 18.4 Å². The van der Waals surface area contributed by atoms with Gasteiger partial charge in [0.15, 0.2) is 6.61 Å². The molecule has 12 heteroatoms. The van der Waals surface area contributed by atoms with Crippen LogP contribution in [0, 0.1) is 11.8 Å². The quantitative estimate of drug-likeness (QED) is 0.0957. The summed E-state index contributed by atoms with van der Waals surface area (Å²) in [6.07, 6.45) is -2.05. The summed E-state index contributed by atoms with van der Waals surface area (Å²) in [5.74, 6) is 3.89. The Bertz CT molecular complexity index is 977. The molecule has 0 saturated heterocycles. The van der Waals surface area contributed by atoms with Gasteiger partial charge in [-0.3, -0.25) is 0 Å². The van der Waals surface area contributed by atoms with Crippen molar-refractivity contribution < 1.29 is 46.5 Å². The predicted octanol–water partition coefficient (Wildman–Crippen LogP) is 4.19. The zero-order valence-corrected chi connectivity index (χ0v) is 20.6. The second-order valence-corrected chi connectivity index (χ2v) is 6.64. The Balaban J connectivity index is 0.00000102. The van der Waals surface area contributed by atoms with Crippen molar-refractivity contribution in [3.05, 3.63) is 58.0 Å². The van der Waals surface area contributed by atoms with Gasteiger partial charge in [0, 0.05) is 0 Å². The molecule has 186 valence electrons. The molecule has 0 fully saturated rings. The predicted molar refractivity (Wildman–Crippen MR) is 121 cm³/mol. The first-order chi connectivity index (χ1) is 16.0. The summed E-state index contributed by atoms with van der Waals surface area (Å²) in [6.45, 7) is 1.34. The molecule has 0 radical (unpaired) electrons. The molecule has 8 nitrogen and oxygen atoms in total. The van der Waals surface area contributed by atoms with Crippen LogP contribution >= 0.6 is 15.9 Å². The molecule has 0 aliphatic rings. The third-order valence-corrected chi connectivity index (χ3v) is 3.92. The third kappa shape index (κ3) is 12.0. The molecule has 34 heavy (non-hydrogen) atoms. The summed E-state index contributed by atoms with van der Waals surface area (Å²) >= 11 is 2.93. The van der Waals surface area contributed by atoms with Gasteiger partial charge in [-0.1, -0.05) is 29.1 Å². The van der Waals surface area contributed by atoms with Gasteiger partial charge >= 0.3 is 18.1 Å². The number of halogens is 4. The van der Waals surface area contributed by atoms with E-state index < -0.39 is 23.7 Å². The molecule has 0 aliphatic carbocycles. The van der Waals surface area contributed by atoms with Crippen molar-refractivity contribution in [2.45, 2.75) is 13.1 Å². The fourth-order valence-corrected chi connectivity index (χ4v) is 2.22. The second-order valence-electron chi connectivity index (χ2n) is 5.78. The van der Waals surface area contributed by atoms with E-state index in [-0.39, 0.29) is 27.9 Å². The Morgan fingerprint density at radius 2 is 1.68 bits per heavy atom. The lowest BCUT2D eigenvalue weighted by atomic mass is 10.1. The largest absolute Gasteiger partial charge is 0.503 e. The van der Waals surface area contributed by atoms with E-state index in [1.165, 1.54) is 53.8 Å². The first-order valence-electron chi connectivity index (χ1n) is 9.12. The van der Waals surface area contributed by atoms with Crippen molar-refractivity contribution in [1.29, 1.82) is 0 Å². The van der Waals surface area contributed by atoms with Crippen molar-refractivity contribution in [3.63, 3.8) is 0 Å². The maximum Gasteiger partial charge on any atom is 0.416 e. The summed E-state index contributed by atoms with van der Waals surface area (Å²) in [7, 11) is 5.30. The Morgan fingerprint density at radius 1 is 1.06 bits per heavy atom. The van der Waals surface area contributed by atoms with Gasteiger partial charge in [0.2, 0.25) is 0 Å². The number of rotatable bonds is 7. The van der Waals surface area contributed by atoms with Crippen molar-refractivity contribution >= 4 is 33.6 Å². The van der Waals surface area contributed by atoms with Crippen LogP contribution in [0.2, 0.25) is 0 Å². The number of carbonyl (C=O) groups excluding carboxylic acids is 2. The van der Waals surface area contributed by atoms with Crippen LogP contribution in [0.25, 0.3) is 0 Å². The Kier molecular flexibility index (Phi) is 14.6. The van der Waals surface area contributed by atoms with Gasteiger partial charge in [-0.2, -0.15) is 13.2 Å². The molecule has 0 spiro atoms. The molecule has 1 rings (SSSR count). The molecule has 1 aromatic rings. The van der Waals surface area contributed by atoms with Gasteiger partial charge in [0.25, 0.3) is 0 Å². The zero-order valence-electron chi connectivity index (χ0n) is 19.0. The first-order valence-corrected chi connectivity index (χ1v) is 9.92. The van der Waals surface area contributed by atoms with Crippen LogP contribution in [0.5, 0.6) is 0 Å². The van der Waals surface area contributed by atoms with E-state index in [2.05, 4.69) is 47.1 Å². The highest BCUT2D eigenvalue weighted by atomic mass is 79.9. The number of benzene rings is 1. The summed E-state index contributed by atoms with van der Waals surface area (Å²) in [6, 6.07) is 4.72. The zero-order chi connectivity index (χ0) is 26.1. The molecule has 0 N–H and O–H groups in total. The lowest BCUT2D eigenvalue weighted by Gasteiger charge is -2.08. The number of methoxy groups -OCH3 is 4. The average molecular weight is 550 g/mol. The molecule has 0 amide bonds. The van der Waals surface area contributed by atoms with Gasteiger partial charge in [0.1, 0.15) is 22.6 Å². The topological polar surface area (TPSA) is 92.7 Å². The minimum absolute atomic E-state index is 0.00724. The maximum absolute atomic E-state index is 12.7. The molecule has 0 unspecified atom stereocenters. The molecule has 1 aromatic carbocycles. The number of oxime groups is 1. The minimum atomic E-state index is -4.43. The Hall–Kier alpha value is -3.46. The minimum Gasteiger partial charge on any atom is -0.503 e. The number of alkyl halides is 3. The number of ether oxygens (including phenoxy) is 4. The smallest absolute Gasteiger partial charge is 0.416 e. The number of esters is 2. The average Bonchev–Trinajstić information content (AvgIpc) is 2.82. The number of hydrogen-bond acceptors (Lipinski definition) is 8. The molecular formula is C22H23BrF3NO7. The second kappa shape index (κ2) is 16.2. The molecule has 0 saturated carbocycles. The first kappa shape index (κ1) is 30.5. The Labute approximate surface area is 203 Å². The normalized spacial score (nSPS) is 11.7. The van der Waals surface area contributed by atoms with E-state index in [0.29, 0.717) is 0 Å². The molecule has 0 bridgehead atoms. The lowest BCUT2D eigenvalue weighted by Crippen LogP contribution is -2.07. The van der Waals surface area contributed by atoms with E-state index in [1.807, 2.05) is 0 Å².